The van der Waals surface area contributed by atoms with Crippen LogP contribution in [-0.2, 0) is 0 Å². The van der Waals surface area contributed by atoms with Gasteiger partial charge in [-0.1, -0.05) is 17.7 Å². The largest absolute Gasteiger partial charge is 0.342 e. The number of nitrogens with zero attached hydrogens (tertiary/aromatic N) is 1. The second kappa shape index (κ2) is 5.50. The summed E-state index contributed by atoms with van der Waals surface area (Å²) in [7, 11) is 0. The highest BCUT2D eigenvalue weighted by atomic mass is 79.9. The molecular formula is C15H11BrClN3O. The molecule has 1 heterocycles. The Hall–Kier alpha value is -1.85. The average molecular weight is 365 g/mol. The van der Waals surface area contributed by atoms with Gasteiger partial charge in [-0.3, -0.25) is 4.79 Å². The molecule has 0 saturated carbocycles. The van der Waals surface area contributed by atoms with E-state index in [0.29, 0.717) is 20.7 Å². The van der Waals surface area contributed by atoms with Crippen LogP contribution in [-0.4, -0.2) is 15.9 Å². The minimum absolute atomic E-state index is 0.253. The summed E-state index contributed by atoms with van der Waals surface area (Å²) in [5.74, 6) is 0.584. The van der Waals surface area contributed by atoms with Gasteiger partial charge in [0.1, 0.15) is 5.82 Å². The second-order valence-electron chi connectivity index (χ2n) is 4.61. The Morgan fingerprint density at radius 3 is 2.95 bits per heavy atom. The van der Waals surface area contributed by atoms with Crippen molar-refractivity contribution in [1.29, 1.82) is 0 Å². The van der Waals surface area contributed by atoms with Crippen LogP contribution in [0, 0.1) is 6.92 Å². The number of halogens is 2. The normalized spacial score (nSPS) is 10.8. The molecule has 1 aromatic heterocycles. The Morgan fingerprint density at radius 2 is 2.14 bits per heavy atom. The SMILES string of the molecule is Cc1nc2ccc(NC(=O)c3cccc(Br)c3Cl)cc2[nH]1. The summed E-state index contributed by atoms with van der Waals surface area (Å²) in [5, 5.41) is 3.23. The predicted molar refractivity (Wildman–Crippen MR) is 87.9 cm³/mol. The van der Waals surface area contributed by atoms with Crippen LogP contribution >= 0.6 is 27.5 Å². The van der Waals surface area contributed by atoms with Crippen molar-refractivity contribution in [3.05, 3.63) is 57.3 Å². The summed E-state index contributed by atoms with van der Waals surface area (Å²) in [5.41, 5.74) is 2.86. The minimum atomic E-state index is -0.253. The highest BCUT2D eigenvalue weighted by Crippen LogP contribution is 2.27. The van der Waals surface area contributed by atoms with E-state index in [9.17, 15) is 4.79 Å². The van der Waals surface area contributed by atoms with Crippen molar-refractivity contribution in [1.82, 2.24) is 9.97 Å². The predicted octanol–water partition coefficient (Wildman–Crippen LogP) is 4.54. The topological polar surface area (TPSA) is 57.8 Å². The molecule has 3 rings (SSSR count). The molecule has 0 aliphatic carbocycles. The molecule has 0 bridgehead atoms. The lowest BCUT2D eigenvalue weighted by molar-refractivity contribution is 0.102. The van der Waals surface area contributed by atoms with E-state index in [4.69, 9.17) is 11.6 Å². The Kier molecular flexibility index (Phi) is 3.69. The molecule has 2 aromatic carbocycles. The van der Waals surface area contributed by atoms with Gasteiger partial charge in [-0.05, 0) is 53.2 Å². The van der Waals surface area contributed by atoms with Gasteiger partial charge in [0.05, 0.1) is 21.6 Å². The molecule has 6 heteroatoms. The van der Waals surface area contributed by atoms with Crippen LogP contribution in [0.4, 0.5) is 5.69 Å². The third-order valence-electron chi connectivity index (χ3n) is 3.05. The average Bonchev–Trinajstić information content (AvgIpc) is 2.81. The zero-order valence-corrected chi connectivity index (χ0v) is 13.4. The van der Waals surface area contributed by atoms with Crippen molar-refractivity contribution < 1.29 is 4.79 Å². The number of rotatable bonds is 2. The molecule has 0 radical (unpaired) electrons. The third-order valence-corrected chi connectivity index (χ3v) is 4.35. The highest BCUT2D eigenvalue weighted by Gasteiger charge is 2.13. The van der Waals surface area contributed by atoms with Gasteiger partial charge < -0.3 is 10.3 Å². The van der Waals surface area contributed by atoms with Crippen LogP contribution in [0.15, 0.2) is 40.9 Å². The lowest BCUT2D eigenvalue weighted by atomic mass is 10.2. The van der Waals surface area contributed by atoms with E-state index in [0.717, 1.165) is 16.9 Å². The first-order valence-corrected chi connectivity index (χ1v) is 7.43. The molecule has 2 N–H and O–H groups in total. The van der Waals surface area contributed by atoms with E-state index >= 15 is 0 Å². The monoisotopic (exact) mass is 363 g/mol. The van der Waals surface area contributed by atoms with Crippen molar-refractivity contribution in [2.24, 2.45) is 0 Å². The van der Waals surface area contributed by atoms with E-state index in [-0.39, 0.29) is 5.91 Å². The molecule has 1 amide bonds. The van der Waals surface area contributed by atoms with Crippen molar-refractivity contribution in [3.63, 3.8) is 0 Å². The maximum absolute atomic E-state index is 12.3. The lowest BCUT2D eigenvalue weighted by Crippen LogP contribution is -2.12. The molecule has 0 aliphatic heterocycles. The van der Waals surface area contributed by atoms with Gasteiger partial charge in [0.15, 0.2) is 0 Å². The number of carbonyl (C=O) groups is 1. The Bertz CT molecular complexity index is 844. The number of aromatic nitrogens is 2. The van der Waals surface area contributed by atoms with Crippen LogP contribution in [0.25, 0.3) is 11.0 Å². The van der Waals surface area contributed by atoms with Gasteiger partial charge in [0.25, 0.3) is 5.91 Å². The van der Waals surface area contributed by atoms with Crippen LogP contribution in [0.5, 0.6) is 0 Å². The summed E-state index contributed by atoms with van der Waals surface area (Å²) < 4.78 is 0.691. The van der Waals surface area contributed by atoms with E-state index in [1.807, 2.05) is 25.1 Å². The molecular weight excluding hydrogens is 354 g/mol. The van der Waals surface area contributed by atoms with Crippen LogP contribution < -0.4 is 5.32 Å². The number of H-pyrrole nitrogens is 1. The van der Waals surface area contributed by atoms with Crippen molar-refractivity contribution >= 4 is 50.2 Å². The van der Waals surface area contributed by atoms with E-state index in [2.05, 4.69) is 31.2 Å². The number of imidazole rings is 1. The van der Waals surface area contributed by atoms with Gasteiger partial charge in [0, 0.05) is 10.2 Å². The van der Waals surface area contributed by atoms with E-state index in [1.54, 1.807) is 18.2 Å². The molecule has 21 heavy (non-hydrogen) atoms. The second-order valence-corrected chi connectivity index (χ2v) is 5.84. The Labute approximate surface area is 134 Å². The van der Waals surface area contributed by atoms with Crippen LogP contribution in [0.3, 0.4) is 0 Å². The molecule has 0 fully saturated rings. The Balaban J connectivity index is 1.90. The molecule has 0 spiro atoms. The molecule has 0 saturated heterocycles. The number of aromatic amines is 1. The summed E-state index contributed by atoms with van der Waals surface area (Å²) in [6, 6.07) is 10.8. The number of hydrogen-bond acceptors (Lipinski definition) is 2. The highest BCUT2D eigenvalue weighted by molar-refractivity contribution is 9.10. The quantitative estimate of drug-likeness (QED) is 0.701. The first-order valence-electron chi connectivity index (χ1n) is 6.26. The fraction of sp³-hybridized carbons (Fsp3) is 0.0667. The van der Waals surface area contributed by atoms with Gasteiger partial charge >= 0.3 is 0 Å². The smallest absolute Gasteiger partial charge is 0.257 e. The first kappa shape index (κ1) is 14.1. The fourth-order valence-corrected chi connectivity index (χ4v) is 2.67. The summed E-state index contributed by atoms with van der Waals surface area (Å²) >= 11 is 9.44. The minimum Gasteiger partial charge on any atom is -0.342 e. The molecule has 0 unspecified atom stereocenters. The summed E-state index contributed by atoms with van der Waals surface area (Å²) in [6.45, 7) is 1.89. The maximum Gasteiger partial charge on any atom is 0.257 e. The van der Waals surface area contributed by atoms with Crippen molar-refractivity contribution in [2.75, 3.05) is 5.32 Å². The maximum atomic E-state index is 12.3. The number of nitrogens with one attached hydrogen (secondary N) is 2. The van der Waals surface area contributed by atoms with Gasteiger partial charge in [-0.25, -0.2) is 4.98 Å². The number of benzene rings is 2. The van der Waals surface area contributed by atoms with E-state index < -0.39 is 0 Å². The zero-order chi connectivity index (χ0) is 15.0. The standard InChI is InChI=1S/C15H11BrClN3O/c1-8-18-12-6-5-9(7-13(12)19-8)20-15(21)10-3-2-4-11(16)14(10)17/h2-7H,1H3,(H,18,19)(H,20,21). The zero-order valence-electron chi connectivity index (χ0n) is 11.1. The third kappa shape index (κ3) is 2.80. The Morgan fingerprint density at radius 1 is 1.33 bits per heavy atom. The fourth-order valence-electron chi connectivity index (χ4n) is 2.09. The molecule has 4 nitrogen and oxygen atoms in total. The van der Waals surface area contributed by atoms with Crippen LogP contribution in [0.2, 0.25) is 5.02 Å². The molecule has 0 atom stereocenters. The number of hydrogen-bond donors (Lipinski definition) is 2. The van der Waals surface area contributed by atoms with Gasteiger partial charge in [0.2, 0.25) is 0 Å². The molecule has 0 aliphatic rings. The van der Waals surface area contributed by atoms with Crippen molar-refractivity contribution in [3.8, 4) is 0 Å². The van der Waals surface area contributed by atoms with E-state index in [1.165, 1.54) is 0 Å². The molecule has 106 valence electrons. The first-order chi connectivity index (χ1) is 10.0. The van der Waals surface area contributed by atoms with Crippen LogP contribution in [0.1, 0.15) is 16.2 Å². The summed E-state index contributed by atoms with van der Waals surface area (Å²) in [4.78, 5) is 19.7. The number of anilines is 1. The summed E-state index contributed by atoms with van der Waals surface area (Å²) in [6.07, 6.45) is 0. The number of carbonyl (C=O) groups excluding carboxylic acids is 1. The van der Waals surface area contributed by atoms with Gasteiger partial charge in [-0.15, -0.1) is 0 Å². The lowest BCUT2D eigenvalue weighted by Gasteiger charge is -2.07. The number of fused-ring (bicyclic) bond motifs is 1. The number of aryl methyl sites for hydroxylation is 1. The van der Waals surface area contributed by atoms with Gasteiger partial charge in [-0.2, -0.15) is 0 Å². The number of amides is 1. The molecule has 3 aromatic rings. The van der Waals surface area contributed by atoms with Crippen molar-refractivity contribution in [2.45, 2.75) is 6.92 Å².